The number of benzene rings is 4. The van der Waals surface area contributed by atoms with Gasteiger partial charge in [0, 0.05) is 12.5 Å². The minimum Gasteiger partial charge on any atom is -0.478 e. The van der Waals surface area contributed by atoms with Crippen molar-refractivity contribution >= 4 is 33.1 Å². The van der Waals surface area contributed by atoms with Crippen LogP contribution in [0.1, 0.15) is 62.0 Å². The van der Waals surface area contributed by atoms with Gasteiger partial charge in [0.2, 0.25) is 0 Å². The molecule has 39 heavy (non-hydrogen) atoms. The summed E-state index contributed by atoms with van der Waals surface area (Å²) in [6, 6.07) is 20.4. The average Bonchev–Trinajstić information content (AvgIpc) is 2.89. The van der Waals surface area contributed by atoms with E-state index in [4.69, 9.17) is 9.47 Å². The van der Waals surface area contributed by atoms with Crippen molar-refractivity contribution in [2.24, 2.45) is 5.41 Å². The maximum absolute atomic E-state index is 12.3. The SMILES string of the molecule is COCOc1cc(C(=O)O)c2c(-c3ccc4c5c(ccc4c3)C3=C(CC(C)(C)C=C3)CC5(C)C)cccc2c1. The first kappa shape index (κ1) is 25.4. The number of hydrogen-bond donors (Lipinski definition) is 1. The summed E-state index contributed by atoms with van der Waals surface area (Å²) in [5.41, 5.74) is 8.01. The third kappa shape index (κ3) is 4.33. The van der Waals surface area contributed by atoms with E-state index in [-0.39, 0.29) is 23.2 Å². The van der Waals surface area contributed by atoms with Crippen molar-refractivity contribution in [1.82, 2.24) is 0 Å². The maximum Gasteiger partial charge on any atom is 0.336 e. The van der Waals surface area contributed by atoms with E-state index < -0.39 is 5.97 Å². The Balaban J connectivity index is 1.52. The van der Waals surface area contributed by atoms with Gasteiger partial charge < -0.3 is 14.6 Å². The van der Waals surface area contributed by atoms with E-state index in [1.54, 1.807) is 11.6 Å². The van der Waals surface area contributed by atoms with Gasteiger partial charge in [-0.3, -0.25) is 0 Å². The van der Waals surface area contributed by atoms with Gasteiger partial charge in [-0.1, -0.05) is 87.9 Å². The van der Waals surface area contributed by atoms with Crippen molar-refractivity contribution in [3.05, 3.63) is 95.1 Å². The van der Waals surface area contributed by atoms with E-state index in [9.17, 15) is 9.90 Å². The Morgan fingerprint density at radius 2 is 1.74 bits per heavy atom. The van der Waals surface area contributed by atoms with Crippen LogP contribution in [0.3, 0.4) is 0 Å². The molecule has 0 aromatic heterocycles. The van der Waals surface area contributed by atoms with Gasteiger partial charge in [0.05, 0.1) is 5.56 Å². The highest BCUT2D eigenvalue weighted by Gasteiger charge is 2.36. The molecule has 0 radical (unpaired) electrons. The highest BCUT2D eigenvalue weighted by atomic mass is 16.7. The van der Waals surface area contributed by atoms with Crippen LogP contribution in [0.4, 0.5) is 0 Å². The molecule has 0 atom stereocenters. The second kappa shape index (κ2) is 9.10. The Morgan fingerprint density at radius 1 is 0.923 bits per heavy atom. The summed E-state index contributed by atoms with van der Waals surface area (Å²) in [6.07, 6.45) is 6.85. The summed E-state index contributed by atoms with van der Waals surface area (Å²) in [6.45, 7) is 9.41. The predicted octanol–water partition coefficient (Wildman–Crippen LogP) is 8.76. The van der Waals surface area contributed by atoms with Crippen molar-refractivity contribution < 1.29 is 19.4 Å². The molecule has 0 aliphatic heterocycles. The third-order valence-corrected chi connectivity index (χ3v) is 8.23. The lowest BCUT2D eigenvalue weighted by molar-refractivity contribution is 0.0509. The minimum atomic E-state index is -0.986. The van der Waals surface area contributed by atoms with E-state index in [0.717, 1.165) is 34.7 Å². The van der Waals surface area contributed by atoms with E-state index >= 15 is 0 Å². The number of carboxylic acid groups (broad SMARTS) is 1. The largest absolute Gasteiger partial charge is 0.478 e. The smallest absolute Gasteiger partial charge is 0.336 e. The normalized spacial score (nSPS) is 17.3. The molecule has 4 heteroatoms. The molecular formula is C35H34O4. The number of hydrogen-bond acceptors (Lipinski definition) is 3. The number of allylic oxidation sites excluding steroid dienone is 4. The Kier molecular flexibility index (Phi) is 5.92. The molecule has 4 nitrogen and oxygen atoms in total. The summed E-state index contributed by atoms with van der Waals surface area (Å²) in [7, 11) is 1.54. The molecule has 0 unspecified atom stereocenters. The predicted molar refractivity (Wildman–Crippen MR) is 158 cm³/mol. The minimum absolute atomic E-state index is 0.0188. The van der Waals surface area contributed by atoms with Crippen LogP contribution in [0.15, 0.2) is 78.4 Å². The fraction of sp³-hybridized carbons (Fsp3) is 0.286. The standard InChI is InChI=1S/C35H34O4/c1-34(2)14-13-26-24(18-34)19-35(3,4)32-28-11-9-21(15-22(28)10-12-29(26)32)27-8-6-7-23-16-25(39-20-38-5)17-30(31(23)27)33(36)37/h6-17H,18-20H2,1-5H3,(H,36,37). The number of methoxy groups -OCH3 is 1. The lowest BCUT2D eigenvalue weighted by atomic mass is 9.64. The highest BCUT2D eigenvalue weighted by molar-refractivity contribution is 6.11. The molecule has 0 amide bonds. The number of rotatable bonds is 5. The molecule has 0 saturated heterocycles. The second-order valence-corrected chi connectivity index (χ2v) is 12.2. The highest BCUT2D eigenvalue weighted by Crippen LogP contribution is 2.51. The molecule has 2 aliphatic rings. The fourth-order valence-electron chi connectivity index (χ4n) is 6.66. The molecule has 0 saturated carbocycles. The second-order valence-electron chi connectivity index (χ2n) is 12.2. The quantitative estimate of drug-likeness (QED) is 0.268. The molecule has 198 valence electrons. The van der Waals surface area contributed by atoms with Gasteiger partial charge in [-0.15, -0.1) is 0 Å². The van der Waals surface area contributed by atoms with Gasteiger partial charge in [0.25, 0.3) is 0 Å². The van der Waals surface area contributed by atoms with Crippen LogP contribution in [0.2, 0.25) is 0 Å². The Labute approximate surface area is 229 Å². The van der Waals surface area contributed by atoms with E-state index in [0.29, 0.717) is 11.1 Å². The zero-order valence-electron chi connectivity index (χ0n) is 23.2. The fourth-order valence-corrected chi connectivity index (χ4v) is 6.66. The molecule has 6 rings (SSSR count). The van der Waals surface area contributed by atoms with Gasteiger partial charge in [0.15, 0.2) is 6.79 Å². The summed E-state index contributed by atoms with van der Waals surface area (Å²) in [5.74, 6) is -0.514. The molecule has 2 aliphatic carbocycles. The van der Waals surface area contributed by atoms with Crippen LogP contribution < -0.4 is 4.74 Å². The molecule has 0 fully saturated rings. The average molecular weight is 519 g/mol. The number of carboxylic acids is 1. The monoisotopic (exact) mass is 518 g/mol. The zero-order chi connectivity index (χ0) is 27.5. The molecule has 1 N–H and O–H groups in total. The molecule has 0 spiro atoms. The van der Waals surface area contributed by atoms with Gasteiger partial charge in [-0.05, 0) is 85.9 Å². The Hall–Kier alpha value is -3.89. The molecular weight excluding hydrogens is 484 g/mol. The Bertz CT molecular complexity index is 1720. The van der Waals surface area contributed by atoms with Crippen molar-refractivity contribution in [1.29, 1.82) is 0 Å². The van der Waals surface area contributed by atoms with E-state index in [1.807, 2.05) is 24.3 Å². The number of ether oxygens (including phenoxy) is 2. The van der Waals surface area contributed by atoms with Crippen LogP contribution >= 0.6 is 0 Å². The summed E-state index contributed by atoms with van der Waals surface area (Å²) in [5, 5.41) is 14.0. The van der Waals surface area contributed by atoms with Gasteiger partial charge in [0.1, 0.15) is 5.75 Å². The number of carbonyl (C=O) groups is 1. The molecule has 4 aromatic rings. The van der Waals surface area contributed by atoms with E-state index in [2.05, 4.69) is 70.2 Å². The van der Waals surface area contributed by atoms with Gasteiger partial charge in [-0.2, -0.15) is 0 Å². The summed E-state index contributed by atoms with van der Waals surface area (Å²) in [4.78, 5) is 12.3. The van der Waals surface area contributed by atoms with Crippen LogP contribution in [0, 0.1) is 5.41 Å². The number of fused-ring (bicyclic) bond motifs is 5. The zero-order valence-corrected chi connectivity index (χ0v) is 23.2. The van der Waals surface area contributed by atoms with Crippen molar-refractivity contribution in [3.63, 3.8) is 0 Å². The lowest BCUT2D eigenvalue weighted by Gasteiger charge is -2.40. The van der Waals surface area contributed by atoms with Gasteiger partial charge in [-0.25, -0.2) is 4.79 Å². The molecule has 4 aromatic carbocycles. The summed E-state index contributed by atoms with van der Waals surface area (Å²) >= 11 is 0. The summed E-state index contributed by atoms with van der Waals surface area (Å²) < 4.78 is 10.6. The first-order valence-electron chi connectivity index (χ1n) is 13.5. The molecule has 0 bridgehead atoms. The van der Waals surface area contributed by atoms with Gasteiger partial charge >= 0.3 is 5.97 Å². The van der Waals surface area contributed by atoms with Crippen LogP contribution in [0.25, 0.3) is 38.2 Å². The Morgan fingerprint density at radius 3 is 2.51 bits per heavy atom. The molecule has 0 heterocycles. The van der Waals surface area contributed by atoms with Crippen LogP contribution in [-0.4, -0.2) is 25.0 Å². The topological polar surface area (TPSA) is 55.8 Å². The van der Waals surface area contributed by atoms with E-state index in [1.165, 1.54) is 29.2 Å². The van der Waals surface area contributed by atoms with Crippen LogP contribution in [-0.2, 0) is 10.2 Å². The van der Waals surface area contributed by atoms with Crippen molar-refractivity contribution in [2.75, 3.05) is 13.9 Å². The first-order chi connectivity index (χ1) is 18.6. The van der Waals surface area contributed by atoms with Crippen molar-refractivity contribution in [2.45, 2.75) is 46.0 Å². The first-order valence-corrected chi connectivity index (χ1v) is 13.5. The number of aromatic carboxylic acids is 1. The third-order valence-electron chi connectivity index (χ3n) is 8.23. The lowest BCUT2D eigenvalue weighted by Crippen LogP contribution is -2.27. The van der Waals surface area contributed by atoms with Crippen LogP contribution in [0.5, 0.6) is 5.75 Å². The van der Waals surface area contributed by atoms with Crippen molar-refractivity contribution in [3.8, 4) is 16.9 Å². The maximum atomic E-state index is 12.3.